The molecule has 0 aliphatic carbocycles. The normalized spacial score (nSPS) is 12.6. The minimum atomic E-state index is 0.0847. The smallest absolute Gasteiger partial charge is 0.129 e. The second-order valence-electron chi connectivity index (χ2n) is 4.50. The number of methoxy groups -OCH3 is 1. The van der Waals surface area contributed by atoms with Crippen LogP contribution in [0.5, 0.6) is 0 Å². The van der Waals surface area contributed by atoms with E-state index in [1.807, 2.05) is 12.1 Å². The summed E-state index contributed by atoms with van der Waals surface area (Å²) in [6, 6.07) is 12.7. The molecule has 0 spiro atoms. The highest BCUT2D eigenvalue weighted by Crippen LogP contribution is 2.26. The third kappa shape index (κ3) is 3.66. The van der Waals surface area contributed by atoms with Gasteiger partial charge in [-0.15, -0.1) is 11.8 Å². The Labute approximate surface area is 124 Å². The molecule has 1 heterocycles. The van der Waals surface area contributed by atoms with Crippen LogP contribution >= 0.6 is 11.8 Å². The van der Waals surface area contributed by atoms with Crippen LogP contribution in [0, 0.1) is 0 Å². The Kier molecular flexibility index (Phi) is 5.71. The van der Waals surface area contributed by atoms with E-state index < -0.39 is 0 Å². The molecule has 0 aliphatic rings. The Morgan fingerprint density at radius 1 is 1.20 bits per heavy atom. The fraction of sp³-hybridized carbons (Fsp3) is 0.375. The van der Waals surface area contributed by atoms with Gasteiger partial charge >= 0.3 is 0 Å². The standard InChI is InChI=1S/C16H21NO2S/c1-4-17-16(12-5-8-14(20-3)9-6-12)15-10-7-13(19-15)11-18-2/h5-10,16-17H,4,11H2,1-3H3. The summed E-state index contributed by atoms with van der Waals surface area (Å²) in [6.45, 7) is 3.49. The van der Waals surface area contributed by atoms with Crippen molar-refractivity contribution < 1.29 is 9.15 Å². The van der Waals surface area contributed by atoms with Gasteiger partial charge in [-0.1, -0.05) is 19.1 Å². The average Bonchev–Trinajstić information content (AvgIpc) is 2.94. The molecule has 108 valence electrons. The fourth-order valence-corrected chi connectivity index (χ4v) is 2.56. The molecule has 1 N–H and O–H groups in total. The van der Waals surface area contributed by atoms with Gasteiger partial charge in [0.25, 0.3) is 0 Å². The summed E-state index contributed by atoms with van der Waals surface area (Å²) >= 11 is 1.75. The molecule has 1 aromatic heterocycles. The Bertz CT molecular complexity index is 522. The van der Waals surface area contributed by atoms with Crippen molar-refractivity contribution in [2.75, 3.05) is 19.9 Å². The average molecular weight is 291 g/mol. The molecule has 0 radical (unpaired) electrons. The first-order chi connectivity index (χ1) is 9.78. The summed E-state index contributed by atoms with van der Waals surface area (Å²) in [5.41, 5.74) is 1.21. The summed E-state index contributed by atoms with van der Waals surface area (Å²) in [4.78, 5) is 1.27. The minimum absolute atomic E-state index is 0.0847. The number of benzene rings is 1. The van der Waals surface area contributed by atoms with Gasteiger partial charge in [0.1, 0.15) is 18.1 Å². The zero-order valence-electron chi connectivity index (χ0n) is 12.2. The van der Waals surface area contributed by atoms with Crippen LogP contribution in [-0.4, -0.2) is 19.9 Å². The predicted molar refractivity (Wildman–Crippen MR) is 83.2 cm³/mol. The summed E-state index contributed by atoms with van der Waals surface area (Å²) in [7, 11) is 1.67. The molecule has 0 fully saturated rings. The van der Waals surface area contributed by atoms with Crippen molar-refractivity contribution in [2.45, 2.75) is 24.5 Å². The maximum atomic E-state index is 5.86. The van der Waals surface area contributed by atoms with Crippen molar-refractivity contribution in [3.8, 4) is 0 Å². The van der Waals surface area contributed by atoms with Crippen molar-refractivity contribution in [2.24, 2.45) is 0 Å². The van der Waals surface area contributed by atoms with Crippen molar-refractivity contribution in [1.82, 2.24) is 5.32 Å². The lowest BCUT2D eigenvalue weighted by Crippen LogP contribution is -2.21. The van der Waals surface area contributed by atoms with E-state index in [9.17, 15) is 0 Å². The van der Waals surface area contributed by atoms with Gasteiger partial charge in [0.05, 0.1) is 6.04 Å². The van der Waals surface area contributed by atoms with Gasteiger partial charge in [-0.25, -0.2) is 0 Å². The maximum Gasteiger partial charge on any atom is 0.129 e. The molecule has 0 amide bonds. The van der Waals surface area contributed by atoms with Crippen molar-refractivity contribution in [3.05, 3.63) is 53.5 Å². The number of thioether (sulfide) groups is 1. The number of furan rings is 1. The van der Waals surface area contributed by atoms with Crippen LogP contribution in [0.25, 0.3) is 0 Å². The van der Waals surface area contributed by atoms with E-state index in [0.29, 0.717) is 6.61 Å². The second kappa shape index (κ2) is 7.53. The zero-order chi connectivity index (χ0) is 14.4. The van der Waals surface area contributed by atoms with E-state index in [0.717, 1.165) is 18.1 Å². The summed E-state index contributed by atoms with van der Waals surface area (Å²) in [5, 5.41) is 3.47. The van der Waals surface area contributed by atoms with Crippen LogP contribution in [0.4, 0.5) is 0 Å². The van der Waals surface area contributed by atoms with Crippen LogP contribution < -0.4 is 5.32 Å². The predicted octanol–water partition coefficient (Wildman–Crippen LogP) is 3.85. The van der Waals surface area contributed by atoms with Crippen molar-refractivity contribution in [3.63, 3.8) is 0 Å². The summed E-state index contributed by atoms with van der Waals surface area (Å²) < 4.78 is 11.0. The lowest BCUT2D eigenvalue weighted by atomic mass is 10.0. The molecule has 2 rings (SSSR count). The summed E-state index contributed by atoms with van der Waals surface area (Å²) in [6.07, 6.45) is 2.08. The minimum Gasteiger partial charge on any atom is -0.462 e. The number of rotatable bonds is 7. The first-order valence-corrected chi connectivity index (χ1v) is 7.95. The maximum absolute atomic E-state index is 5.86. The molecule has 2 aromatic rings. The molecule has 1 atom stereocenters. The van der Waals surface area contributed by atoms with Crippen molar-refractivity contribution in [1.29, 1.82) is 0 Å². The molecule has 0 aliphatic heterocycles. The second-order valence-corrected chi connectivity index (χ2v) is 5.38. The first-order valence-electron chi connectivity index (χ1n) is 6.73. The fourth-order valence-electron chi connectivity index (χ4n) is 2.15. The quantitative estimate of drug-likeness (QED) is 0.786. The van der Waals surface area contributed by atoms with Gasteiger partial charge in [-0.05, 0) is 42.6 Å². The summed E-state index contributed by atoms with van der Waals surface area (Å²) in [5.74, 6) is 1.78. The van der Waals surface area contributed by atoms with Gasteiger partial charge in [0.2, 0.25) is 0 Å². The number of nitrogens with one attached hydrogen (secondary N) is 1. The van der Waals surface area contributed by atoms with Gasteiger partial charge in [-0.3, -0.25) is 0 Å². The van der Waals surface area contributed by atoms with Crippen LogP contribution in [0.1, 0.15) is 30.0 Å². The lowest BCUT2D eigenvalue weighted by Gasteiger charge is -2.16. The lowest BCUT2D eigenvalue weighted by molar-refractivity contribution is 0.162. The number of hydrogen-bond donors (Lipinski definition) is 1. The van der Waals surface area contributed by atoms with Gasteiger partial charge in [0, 0.05) is 12.0 Å². The van der Waals surface area contributed by atoms with E-state index in [4.69, 9.17) is 9.15 Å². The van der Waals surface area contributed by atoms with E-state index in [-0.39, 0.29) is 6.04 Å². The van der Waals surface area contributed by atoms with Gasteiger partial charge < -0.3 is 14.5 Å². The molecular weight excluding hydrogens is 270 g/mol. The Balaban J connectivity index is 2.23. The third-order valence-electron chi connectivity index (χ3n) is 3.11. The van der Waals surface area contributed by atoms with E-state index >= 15 is 0 Å². The van der Waals surface area contributed by atoms with E-state index in [1.54, 1.807) is 18.9 Å². The van der Waals surface area contributed by atoms with Crippen LogP contribution in [0.2, 0.25) is 0 Å². The Morgan fingerprint density at radius 3 is 2.55 bits per heavy atom. The van der Waals surface area contributed by atoms with E-state index in [1.165, 1.54) is 10.5 Å². The largest absolute Gasteiger partial charge is 0.462 e. The Hall–Kier alpha value is -1.23. The van der Waals surface area contributed by atoms with Crippen LogP contribution in [-0.2, 0) is 11.3 Å². The third-order valence-corrected chi connectivity index (χ3v) is 3.85. The van der Waals surface area contributed by atoms with Crippen LogP contribution in [0.15, 0.2) is 45.7 Å². The van der Waals surface area contributed by atoms with E-state index in [2.05, 4.69) is 42.8 Å². The molecule has 4 heteroatoms. The molecule has 20 heavy (non-hydrogen) atoms. The number of hydrogen-bond acceptors (Lipinski definition) is 4. The monoisotopic (exact) mass is 291 g/mol. The molecule has 0 saturated carbocycles. The zero-order valence-corrected chi connectivity index (χ0v) is 13.0. The molecule has 1 aromatic carbocycles. The topological polar surface area (TPSA) is 34.4 Å². The highest BCUT2D eigenvalue weighted by atomic mass is 32.2. The SMILES string of the molecule is CCNC(c1ccc(SC)cc1)c1ccc(COC)o1. The Morgan fingerprint density at radius 2 is 1.95 bits per heavy atom. The molecule has 0 bridgehead atoms. The molecule has 0 saturated heterocycles. The molecule has 3 nitrogen and oxygen atoms in total. The van der Waals surface area contributed by atoms with Crippen LogP contribution in [0.3, 0.4) is 0 Å². The highest BCUT2D eigenvalue weighted by molar-refractivity contribution is 7.98. The first kappa shape index (κ1) is 15.2. The van der Waals surface area contributed by atoms with Gasteiger partial charge in [0.15, 0.2) is 0 Å². The molecular formula is C16H21NO2S. The number of ether oxygens (including phenoxy) is 1. The highest BCUT2D eigenvalue weighted by Gasteiger charge is 2.17. The van der Waals surface area contributed by atoms with Crippen molar-refractivity contribution >= 4 is 11.8 Å². The van der Waals surface area contributed by atoms with Gasteiger partial charge in [-0.2, -0.15) is 0 Å². The molecule has 1 unspecified atom stereocenters.